The monoisotopic (exact) mass is 389 g/mol. The molecule has 29 heavy (non-hydrogen) atoms. The standard InChI is InChI=1S/C23H19NO5/c1-13-19(22(26)27)10-14(25)11-21(13)24-23(28)29-12-20-17-8-4-2-6-15(17)16-7-3-5-9-18(16)20/h2-11,20,25H,12H2,1H3,(H,24,28)(H,26,27). The van der Waals surface area contributed by atoms with Gasteiger partial charge in [0, 0.05) is 12.0 Å². The van der Waals surface area contributed by atoms with Crippen LogP contribution in [0.2, 0.25) is 0 Å². The molecule has 0 heterocycles. The van der Waals surface area contributed by atoms with Gasteiger partial charge in [0.05, 0.1) is 11.3 Å². The maximum Gasteiger partial charge on any atom is 0.411 e. The molecule has 0 bridgehead atoms. The first-order chi connectivity index (χ1) is 14.0. The van der Waals surface area contributed by atoms with Gasteiger partial charge < -0.3 is 14.9 Å². The number of carbonyl (C=O) groups is 2. The van der Waals surface area contributed by atoms with Crippen molar-refractivity contribution in [3.63, 3.8) is 0 Å². The molecule has 0 unspecified atom stereocenters. The van der Waals surface area contributed by atoms with Gasteiger partial charge in [0.15, 0.2) is 0 Å². The lowest BCUT2D eigenvalue weighted by Gasteiger charge is -2.16. The lowest BCUT2D eigenvalue weighted by atomic mass is 9.98. The van der Waals surface area contributed by atoms with Gasteiger partial charge in [-0.3, -0.25) is 5.32 Å². The van der Waals surface area contributed by atoms with Crippen molar-refractivity contribution in [3.05, 3.63) is 82.9 Å². The summed E-state index contributed by atoms with van der Waals surface area (Å²) in [5.74, 6) is -1.51. The minimum Gasteiger partial charge on any atom is -0.508 e. The molecular formula is C23H19NO5. The maximum absolute atomic E-state index is 12.4. The highest BCUT2D eigenvalue weighted by molar-refractivity contribution is 5.94. The number of phenols is 1. The third-order valence-electron chi connectivity index (χ3n) is 5.20. The molecule has 0 radical (unpaired) electrons. The molecule has 0 fully saturated rings. The van der Waals surface area contributed by atoms with Crippen LogP contribution in [0.25, 0.3) is 11.1 Å². The van der Waals surface area contributed by atoms with Gasteiger partial charge in [-0.2, -0.15) is 0 Å². The minimum absolute atomic E-state index is 0.0759. The molecule has 6 nitrogen and oxygen atoms in total. The van der Waals surface area contributed by atoms with E-state index < -0.39 is 12.1 Å². The Morgan fingerprint density at radius 3 is 2.17 bits per heavy atom. The van der Waals surface area contributed by atoms with E-state index in [9.17, 15) is 19.8 Å². The first kappa shape index (κ1) is 18.6. The molecule has 3 aromatic carbocycles. The van der Waals surface area contributed by atoms with Crippen LogP contribution in [0.3, 0.4) is 0 Å². The number of aromatic hydroxyl groups is 1. The number of aromatic carboxylic acids is 1. The van der Waals surface area contributed by atoms with E-state index in [2.05, 4.69) is 17.4 Å². The molecule has 1 aliphatic rings. The number of hydrogen-bond donors (Lipinski definition) is 3. The number of amides is 1. The number of fused-ring (bicyclic) bond motifs is 3. The summed E-state index contributed by atoms with van der Waals surface area (Å²) in [6.45, 7) is 1.70. The summed E-state index contributed by atoms with van der Waals surface area (Å²) in [6.07, 6.45) is -0.711. The van der Waals surface area contributed by atoms with Gasteiger partial charge in [0.25, 0.3) is 0 Å². The molecule has 0 aliphatic heterocycles. The fraction of sp³-hybridized carbons (Fsp3) is 0.130. The van der Waals surface area contributed by atoms with Crippen molar-refractivity contribution >= 4 is 17.7 Å². The summed E-state index contributed by atoms with van der Waals surface area (Å²) in [6, 6.07) is 18.5. The number of anilines is 1. The average molecular weight is 389 g/mol. The molecule has 4 rings (SSSR count). The number of hydrogen-bond acceptors (Lipinski definition) is 4. The zero-order valence-corrected chi connectivity index (χ0v) is 15.7. The smallest absolute Gasteiger partial charge is 0.411 e. The molecular weight excluding hydrogens is 370 g/mol. The number of carboxylic acid groups (broad SMARTS) is 1. The Labute approximate surface area is 167 Å². The zero-order valence-electron chi connectivity index (χ0n) is 15.7. The normalized spacial score (nSPS) is 12.2. The van der Waals surface area contributed by atoms with E-state index >= 15 is 0 Å². The third-order valence-corrected chi connectivity index (χ3v) is 5.20. The quantitative estimate of drug-likeness (QED) is 0.598. The first-order valence-electron chi connectivity index (χ1n) is 9.14. The summed E-state index contributed by atoms with van der Waals surface area (Å²) in [7, 11) is 0. The number of rotatable bonds is 4. The predicted octanol–water partition coefficient (Wildman–Crippen LogP) is 4.76. The van der Waals surface area contributed by atoms with Crippen LogP contribution in [-0.4, -0.2) is 28.9 Å². The molecule has 6 heteroatoms. The minimum atomic E-state index is -1.19. The highest BCUT2D eigenvalue weighted by Gasteiger charge is 2.29. The highest BCUT2D eigenvalue weighted by atomic mass is 16.5. The summed E-state index contributed by atoms with van der Waals surface area (Å²) in [5, 5.41) is 21.5. The van der Waals surface area contributed by atoms with Gasteiger partial charge in [-0.1, -0.05) is 48.5 Å². The van der Waals surface area contributed by atoms with E-state index in [1.807, 2.05) is 36.4 Å². The fourth-order valence-electron chi connectivity index (χ4n) is 3.80. The van der Waals surface area contributed by atoms with Crippen molar-refractivity contribution in [2.75, 3.05) is 11.9 Å². The Kier molecular flexibility index (Phi) is 4.68. The van der Waals surface area contributed by atoms with Crippen molar-refractivity contribution in [1.29, 1.82) is 0 Å². The molecule has 1 aliphatic carbocycles. The Hall–Kier alpha value is -3.80. The molecule has 0 aromatic heterocycles. The van der Waals surface area contributed by atoms with Crippen LogP contribution in [0, 0.1) is 6.92 Å². The second kappa shape index (κ2) is 7.31. The van der Waals surface area contributed by atoms with Crippen molar-refractivity contribution < 1.29 is 24.5 Å². The van der Waals surface area contributed by atoms with Gasteiger partial charge >= 0.3 is 12.1 Å². The van der Waals surface area contributed by atoms with Crippen LogP contribution in [0.4, 0.5) is 10.5 Å². The second-order valence-corrected chi connectivity index (χ2v) is 6.92. The Balaban J connectivity index is 1.52. The summed E-state index contributed by atoms with van der Waals surface area (Å²) < 4.78 is 5.46. The van der Waals surface area contributed by atoms with E-state index in [0.717, 1.165) is 28.3 Å². The second-order valence-electron chi connectivity index (χ2n) is 6.92. The van der Waals surface area contributed by atoms with E-state index in [-0.39, 0.29) is 29.5 Å². The van der Waals surface area contributed by atoms with Crippen molar-refractivity contribution in [1.82, 2.24) is 0 Å². The van der Waals surface area contributed by atoms with Crippen LogP contribution < -0.4 is 5.32 Å². The average Bonchev–Trinajstić information content (AvgIpc) is 3.02. The van der Waals surface area contributed by atoms with Crippen LogP contribution in [0.15, 0.2) is 60.7 Å². The van der Waals surface area contributed by atoms with E-state index in [1.165, 1.54) is 6.07 Å². The van der Waals surface area contributed by atoms with Crippen molar-refractivity contribution in [2.24, 2.45) is 0 Å². The number of carbonyl (C=O) groups excluding carboxylic acids is 1. The summed E-state index contributed by atoms with van der Waals surface area (Å²) in [5.41, 5.74) is 4.91. The molecule has 3 aromatic rings. The topological polar surface area (TPSA) is 95.9 Å². The lowest BCUT2D eigenvalue weighted by molar-refractivity contribution is 0.0695. The molecule has 0 saturated carbocycles. The van der Waals surface area contributed by atoms with E-state index in [4.69, 9.17) is 4.74 Å². The van der Waals surface area contributed by atoms with Gasteiger partial charge in [-0.15, -0.1) is 0 Å². The first-order valence-corrected chi connectivity index (χ1v) is 9.14. The largest absolute Gasteiger partial charge is 0.508 e. The fourth-order valence-corrected chi connectivity index (χ4v) is 3.80. The van der Waals surface area contributed by atoms with Gasteiger partial charge in [-0.25, -0.2) is 9.59 Å². The van der Waals surface area contributed by atoms with Crippen LogP contribution in [-0.2, 0) is 4.74 Å². The number of ether oxygens (including phenoxy) is 1. The highest BCUT2D eigenvalue weighted by Crippen LogP contribution is 2.44. The van der Waals surface area contributed by atoms with E-state index in [1.54, 1.807) is 6.92 Å². The van der Waals surface area contributed by atoms with Gasteiger partial charge in [-0.05, 0) is 40.8 Å². The SMILES string of the molecule is Cc1c(NC(=O)OCC2c3ccccc3-c3ccccc32)cc(O)cc1C(=O)O. The van der Waals surface area contributed by atoms with Crippen LogP contribution in [0.5, 0.6) is 5.75 Å². The van der Waals surface area contributed by atoms with Crippen LogP contribution in [0.1, 0.15) is 33.0 Å². The number of nitrogens with one attached hydrogen (secondary N) is 1. The summed E-state index contributed by atoms with van der Waals surface area (Å²) >= 11 is 0. The lowest BCUT2D eigenvalue weighted by Crippen LogP contribution is -2.19. The Bertz CT molecular complexity index is 1080. The molecule has 0 saturated heterocycles. The molecule has 0 spiro atoms. The zero-order chi connectivity index (χ0) is 20.5. The summed E-state index contributed by atoms with van der Waals surface area (Å²) in [4.78, 5) is 23.7. The molecule has 0 atom stereocenters. The predicted molar refractivity (Wildman–Crippen MR) is 108 cm³/mol. The number of phenolic OH excluding ortho intramolecular Hbond substituents is 1. The molecule has 1 amide bonds. The third kappa shape index (κ3) is 3.40. The maximum atomic E-state index is 12.4. The molecule has 146 valence electrons. The van der Waals surface area contributed by atoms with Crippen LogP contribution >= 0.6 is 0 Å². The van der Waals surface area contributed by atoms with Crippen molar-refractivity contribution in [2.45, 2.75) is 12.8 Å². The Morgan fingerprint density at radius 1 is 1.00 bits per heavy atom. The van der Waals surface area contributed by atoms with E-state index in [0.29, 0.717) is 5.56 Å². The number of carboxylic acids is 1. The molecule has 3 N–H and O–H groups in total. The van der Waals surface area contributed by atoms with Gasteiger partial charge in [0.1, 0.15) is 12.4 Å². The number of benzene rings is 3. The Morgan fingerprint density at radius 2 is 1.59 bits per heavy atom. The van der Waals surface area contributed by atoms with Crippen molar-refractivity contribution in [3.8, 4) is 16.9 Å². The van der Waals surface area contributed by atoms with Gasteiger partial charge in [0.2, 0.25) is 0 Å².